The standard InChI is InChI=1S/C22H19N5/c1-23-19-11-12-21(16-8-4-3-7-15(16)19)26-27-22-14-13-20(25-24-2)17-9-5-6-10-18(17)22/h3-14,23H,1-2H3. The number of nitrogens with zero attached hydrogens (tertiary/aromatic N) is 4. The second kappa shape index (κ2) is 7.33. The maximum Gasteiger partial charge on any atom is 0.0936 e. The lowest BCUT2D eigenvalue weighted by Crippen LogP contribution is -1.88. The molecule has 0 aliphatic heterocycles. The molecule has 4 rings (SSSR count). The van der Waals surface area contributed by atoms with E-state index in [4.69, 9.17) is 0 Å². The normalized spacial score (nSPS) is 11.8. The largest absolute Gasteiger partial charge is 0.388 e. The number of azo groups is 2. The van der Waals surface area contributed by atoms with Gasteiger partial charge in [-0.15, -0.1) is 10.2 Å². The molecule has 0 atom stereocenters. The van der Waals surface area contributed by atoms with Gasteiger partial charge in [0.2, 0.25) is 0 Å². The Bertz CT molecular complexity index is 1180. The van der Waals surface area contributed by atoms with Gasteiger partial charge in [0.1, 0.15) is 0 Å². The van der Waals surface area contributed by atoms with Crippen molar-refractivity contribution in [3.05, 3.63) is 72.8 Å². The van der Waals surface area contributed by atoms with Crippen LogP contribution in [0.4, 0.5) is 22.7 Å². The van der Waals surface area contributed by atoms with Gasteiger partial charge in [-0.1, -0.05) is 48.5 Å². The lowest BCUT2D eigenvalue weighted by Gasteiger charge is -2.08. The van der Waals surface area contributed by atoms with Crippen molar-refractivity contribution in [1.29, 1.82) is 0 Å². The van der Waals surface area contributed by atoms with Crippen LogP contribution < -0.4 is 5.32 Å². The SMILES string of the molecule is CN=Nc1ccc(N=Nc2ccc(NC)c3ccccc23)c2ccccc12. The fourth-order valence-electron chi connectivity index (χ4n) is 3.25. The number of anilines is 1. The Kier molecular flexibility index (Phi) is 4.58. The summed E-state index contributed by atoms with van der Waals surface area (Å²) in [5, 5.41) is 24.6. The van der Waals surface area contributed by atoms with Crippen LogP contribution in [0.3, 0.4) is 0 Å². The first kappa shape index (κ1) is 16.8. The molecule has 0 aromatic heterocycles. The molecule has 132 valence electrons. The molecule has 0 bridgehead atoms. The minimum Gasteiger partial charge on any atom is -0.388 e. The first-order valence-electron chi connectivity index (χ1n) is 8.74. The molecule has 0 amide bonds. The summed E-state index contributed by atoms with van der Waals surface area (Å²) in [5.74, 6) is 0. The summed E-state index contributed by atoms with van der Waals surface area (Å²) in [5.41, 5.74) is 3.55. The van der Waals surface area contributed by atoms with Crippen molar-refractivity contribution in [2.24, 2.45) is 20.5 Å². The smallest absolute Gasteiger partial charge is 0.0936 e. The molecule has 0 aliphatic carbocycles. The Hall–Kier alpha value is -3.60. The fourth-order valence-corrected chi connectivity index (χ4v) is 3.25. The quantitative estimate of drug-likeness (QED) is 0.389. The van der Waals surface area contributed by atoms with E-state index < -0.39 is 0 Å². The highest BCUT2D eigenvalue weighted by Gasteiger charge is 2.07. The Balaban J connectivity index is 1.83. The molecule has 0 saturated heterocycles. The van der Waals surface area contributed by atoms with Gasteiger partial charge in [0, 0.05) is 41.3 Å². The average Bonchev–Trinajstić information content (AvgIpc) is 2.73. The maximum atomic E-state index is 4.55. The van der Waals surface area contributed by atoms with Crippen LogP contribution in [0.25, 0.3) is 21.5 Å². The average molecular weight is 353 g/mol. The van der Waals surface area contributed by atoms with Crippen LogP contribution >= 0.6 is 0 Å². The minimum absolute atomic E-state index is 0.808. The highest BCUT2D eigenvalue weighted by Crippen LogP contribution is 2.36. The molecule has 0 heterocycles. The molecule has 0 spiro atoms. The molecule has 4 aromatic rings. The van der Waals surface area contributed by atoms with Crippen LogP contribution in [0.2, 0.25) is 0 Å². The van der Waals surface area contributed by atoms with Gasteiger partial charge < -0.3 is 5.32 Å². The first-order valence-corrected chi connectivity index (χ1v) is 8.74. The van der Waals surface area contributed by atoms with Crippen LogP contribution in [-0.2, 0) is 0 Å². The topological polar surface area (TPSA) is 61.5 Å². The summed E-state index contributed by atoms with van der Waals surface area (Å²) >= 11 is 0. The number of fused-ring (bicyclic) bond motifs is 2. The third-order valence-electron chi connectivity index (χ3n) is 4.52. The van der Waals surface area contributed by atoms with E-state index in [1.165, 1.54) is 0 Å². The molecule has 27 heavy (non-hydrogen) atoms. The summed E-state index contributed by atoms with van der Waals surface area (Å²) in [4.78, 5) is 0. The molecular weight excluding hydrogens is 334 g/mol. The Morgan fingerprint density at radius 1 is 0.556 bits per heavy atom. The van der Waals surface area contributed by atoms with E-state index in [0.29, 0.717) is 0 Å². The molecule has 0 aliphatic rings. The minimum atomic E-state index is 0.808. The van der Waals surface area contributed by atoms with Crippen molar-refractivity contribution in [2.75, 3.05) is 19.4 Å². The zero-order valence-electron chi connectivity index (χ0n) is 15.2. The van der Waals surface area contributed by atoms with Gasteiger partial charge in [-0.3, -0.25) is 0 Å². The number of nitrogens with one attached hydrogen (secondary N) is 1. The molecule has 0 saturated carbocycles. The van der Waals surface area contributed by atoms with Gasteiger partial charge in [-0.2, -0.15) is 10.2 Å². The van der Waals surface area contributed by atoms with E-state index in [9.17, 15) is 0 Å². The summed E-state index contributed by atoms with van der Waals surface area (Å²) in [7, 11) is 3.59. The van der Waals surface area contributed by atoms with Crippen molar-refractivity contribution in [2.45, 2.75) is 0 Å². The first-order chi connectivity index (χ1) is 13.3. The summed E-state index contributed by atoms with van der Waals surface area (Å²) < 4.78 is 0. The van der Waals surface area contributed by atoms with Gasteiger partial charge in [0.25, 0.3) is 0 Å². The monoisotopic (exact) mass is 353 g/mol. The molecule has 5 nitrogen and oxygen atoms in total. The van der Waals surface area contributed by atoms with Gasteiger partial charge in [-0.05, 0) is 24.3 Å². The third kappa shape index (κ3) is 3.15. The number of rotatable bonds is 4. The Labute approximate surface area is 157 Å². The molecular formula is C22H19N5. The van der Waals surface area contributed by atoms with Crippen LogP contribution in [0.1, 0.15) is 0 Å². The van der Waals surface area contributed by atoms with Crippen LogP contribution in [-0.4, -0.2) is 14.1 Å². The third-order valence-corrected chi connectivity index (χ3v) is 4.52. The van der Waals surface area contributed by atoms with E-state index in [2.05, 4.69) is 37.9 Å². The van der Waals surface area contributed by atoms with Crippen molar-refractivity contribution >= 4 is 44.3 Å². The van der Waals surface area contributed by atoms with Crippen molar-refractivity contribution in [3.63, 3.8) is 0 Å². The highest BCUT2D eigenvalue weighted by molar-refractivity contribution is 6.01. The molecule has 0 unspecified atom stereocenters. The van der Waals surface area contributed by atoms with E-state index >= 15 is 0 Å². The predicted molar refractivity (Wildman–Crippen MR) is 112 cm³/mol. The lowest BCUT2D eigenvalue weighted by molar-refractivity contribution is 1.17. The Morgan fingerprint density at radius 3 is 1.52 bits per heavy atom. The number of hydrogen-bond donors (Lipinski definition) is 1. The molecule has 4 aromatic carbocycles. The molecule has 5 heteroatoms. The van der Waals surface area contributed by atoms with Crippen LogP contribution in [0, 0.1) is 0 Å². The van der Waals surface area contributed by atoms with Crippen LogP contribution in [0.5, 0.6) is 0 Å². The van der Waals surface area contributed by atoms with Gasteiger partial charge >= 0.3 is 0 Å². The second-order valence-electron chi connectivity index (χ2n) is 6.08. The zero-order valence-corrected chi connectivity index (χ0v) is 15.2. The van der Waals surface area contributed by atoms with E-state index in [1.54, 1.807) is 7.05 Å². The lowest BCUT2D eigenvalue weighted by atomic mass is 10.1. The number of benzene rings is 4. The zero-order chi connectivity index (χ0) is 18.6. The van der Waals surface area contributed by atoms with Gasteiger partial charge in [0.15, 0.2) is 0 Å². The molecule has 0 fully saturated rings. The predicted octanol–water partition coefficient (Wildman–Crippen LogP) is 7.16. The summed E-state index contributed by atoms with van der Waals surface area (Å²) in [6.45, 7) is 0. The van der Waals surface area contributed by atoms with E-state index in [1.807, 2.05) is 67.7 Å². The molecule has 0 radical (unpaired) electrons. The summed E-state index contributed by atoms with van der Waals surface area (Å²) in [6, 6.07) is 24.1. The Morgan fingerprint density at radius 2 is 1.00 bits per heavy atom. The van der Waals surface area contributed by atoms with E-state index in [-0.39, 0.29) is 0 Å². The van der Waals surface area contributed by atoms with Gasteiger partial charge in [-0.25, -0.2) is 0 Å². The number of hydrogen-bond acceptors (Lipinski definition) is 5. The molecule has 1 N–H and O–H groups in total. The van der Waals surface area contributed by atoms with Crippen LogP contribution in [0.15, 0.2) is 93.3 Å². The van der Waals surface area contributed by atoms with Crippen molar-refractivity contribution in [3.8, 4) is 0 Å². The van der Waals surface area contributed by atoms with Gasteiger partial charge in [0.05, 0.1) is 17.1 Å². The van der Waals surface area contributed by atoms with E-state index in [0.717, 1.165) is 44.3 Å². The summed E-state index contributed by atoms with van der Waals surface area (Å²) in [6.07, 6.45) is 0. The maximum absolute atomic E-state index is 4.55. The fraction of sp³-hybridized carbons (Fsp3) is 0.0909. The van der Waals surface area contributed by atoms with Crippen molar-refractivity contribution < 1.29 is 0 Å². The second-order valence-corrected chi connectivity index (χ2v) is 6.08. The van der Waals surface area contributed by atoms with Crippen molar-refractivity contribution in [1.82, 2.24) is 0 Å². The highest BCUT2D eigenvalue weighted by atomic mass is 15.1.